The Kier molecular flexibility index (Phi) is 3.01. The van der Waals surface area contributed by atoms with Crippen molar-refractivity contribution in [1.82, 2.24) is 0 Å². The number of benzene rings is 1. The van der Waals surface area contributed by atoms with Gasteiger partial charge in [0, 0.05) is 5.56 Å². The summed E-state index contributed by atoms with van der Waals surface area (Å²) < 4.78 is 5.68. The molecular formula is C11H15NO2. The summed E-state index contributed by atoms with van der Waals surface area (Å²) in [6, 6.07) is 7.84. The van der Waals surface area contributed by atoms with Crippen LogP contribution in [0.3, 0.4) is 0 Å². The lowest BCUT2D eigenvalue weighted by Gasteiger charge is -2.09. The number of ether oxygens (including phenoxy) is 1. The third-order valence-electron chi connectivity index (χ3n) is 2.38. The van der Waals surface area contributed by atoms with E-state index in [0.29, 0.717) is 6.61 Å². The van der Waals surface area contributed by atoms with Crippen LogP contribution in [0.15, 0.2) is 24.3 Å². The van der Waals surface area contributed by atoms with E-state index in [1.807, 2.05) is 24.3 Å². The number of hydrogen-bond acceptors (Lipinski definition) is 3. The molecule has 1 aliphatic carbocycles. The molecular weight excluding hydrogens is 178 g/mol. The Morgan fingerprint density at radius 2 is 2.07 bits per heavy atom. The Morgan fingerprint density at radius 3 is 2.79 bits per heavy atom. The van der Waals surface area contributed by atoms with E-state index >= 15 is 0 Å². The number of para-hydroxylation sites is 1. The van der Waals surface area contributed by atoms with Crippen LogP contribution in [0, 0.1) is 5.92 Å². The van der Waals surface area contributed by atoms with Crippen molar-refractivity contribution in [1.29, 1.82) is 0 Å². The lowest BCUT2D eigenvalue weighted by Crippen LogP contribution is -2.04. The summed E-state index contributed by atoms with van der Waals surface area (Å²) in [5, 5.41) is 0. The van der Waals surface area contributed by atoms with Crippen LogP contribution in [0.5, 0.6) is 5.75 Å². The molecule has 3 nitrogen and oxygen atoms in total. The van der Waals surface area contributed by atoms with Gasteiger partial charge >= 0.3 is 0 Å². The molecule has 2 rings (SSSR count). The summed E-state index contributed by atoms with van der Waals surface area (Å²) in [7, 11) is 0. The number of hydrogen-bond donors (Lipinski definition) is 1. The molecule has 0 amide bonds. The third kappa shape index (κ3) is 2.47. The molecule has 14 heavy (non-hydrogen) atoms. The van der Waals surface area contributed by atoms with E-state index in [2.05, 4.69) is 4.84 Å². The van der Waals surface area contributed by atoms with Gasteiger partial charge in [0.2, 0.25) is 0 Å². The smallest absolute Gasteiger partial charge is 0.124 e. The highest BCUT2D eigenvalue weighted by Crippen LogP contribution is 2.30. The van der Waals surface area contributed by atoms with Gasteiger partial charge in [-0.05, 0) is 24.8 Å². The van der Waals surface area contributed by atoms with Crippen LogP contribution in [0.4, 0.5) is 0 Å². The first kappa shape index (κ1) is 9.49. The van der Waals surface area contributed by atoms with E-state index in [1.54, 1.807) is 0 Å². The summed E-state index contributed by atoms with van der Waals surface area (Å²) in [4.78, 5) is 4.61. The molecule has 0 atom stereocenters. The molecule has 0 unspecified atom stereocenters. The SMILES string of the molecule is NOCc1ccccc1OCC1CC1. The zero-order valence-corrected chi connectivity index (χ0v) is 8.11. The fourth-order valence-corrected chi connectivity index (χ4v) is 1.35. The maximum Gasteiger partial charge on any atom is 0.124 e. The summed E-state index contributed by atoms with van der Waals surface area (Å²) in [6.07, 6.45) is 2.60. The minimum absolute atomic E-state index is 0.404. The average Bonchev–Trinajstić information content (AvgIpc) is 3.01. The molecule has 1 fully saturated rings. The fraction of sp³-hybridized carbons (Fsp3) is 0.455. The van der Waals surface area contributed by atoms with Crippen LogP contribution in [0.25, 0.3) is 0 Å². The summed E-state index contributed by atoms with van der Waals surface area (Å²) in [5.74, 6) is 6.70. The Balaban J connectivity index is 1.97. The first-order valence-corrected chi connectivity index (χ1v) is 4.92. The Labute approximate surface area is 83.8 Å². The predicted molar refractivity (Wildman–Crippen MR) is 53.6 cm³/mol. The highest BCUT2D eigenvalue weighted by atomic mass is 16.6. The van der Waals surface area contributed by atoms with Crippen molar-refractivity contribution in [2.24, 2.45) is 11.8 Å². The van der Waals surface area contributed by atoms with Gasteiger partial charge in [0.15, 0.2) is 0 Å². The van der Waals surface area contributed by atoms with Crippen LogP contribution in [-0.2, 0) is 11.4 Å². The molecule has 0 heterocycles. The minimum atomic E-state index is 0.404. The molecule has 76 valence electrons. The van der Waals surface area contributed by atoms with Crippen molar-refractivity contribution in [3.8, 4) is 5.75 Å². The van der Waals surface area contributed by atoms with Gasteiger partial charge in [0.1, 0.15) is 5.75 Å². The van der Waals surface area contributed by atoms with Crippen molar-refractivity contribution in [3.05, 3.63) is 29.8 Å². The molecule has 0 aliphatic heterocycles. The van der Waals surface area contributed by atoms with Gasteiger partial charge in [-0.15, -0.1) is 0 Å². The first-order valence-electron chi connectivity index (χ1n) is 4.92. The van der Waals surface area contributed by atoms with Gasteiger partial charge in [0.25, 0.3) is 0 Å². The van der Waals surface area contributed by atoms with Crippen LogP contribution in [0.1, 0.15) is 18.4 Å². The second-order valence-corrected chi connectivity index (χ2v) is 3.67. The topological polar surface area (TPSA) is 44.5 Å². The van der Waals surface area contributed by atoms with Crippen molar-refractivity contribution in [2.45, 2.75) is 19.4 Å². The minimum Gasteiger partial charge on any atom is -0.493 e. The van der Waals surface area contributed by atoms with Gasteiger partial charge in [0.05, 0.1) is 13.2 Å². The largest absolute Gasteiger partial charge is 0.493 e. The number of nitrogens with two attached hydrogens (primary N) is 1. The Morgan fingerprint density at radius 1 is 1.29 bits per heavy atom. The van der Waals surface area contributed by atoms with Gasteiger partial charge in [-0.1, -0.05) is 18.2 Å². The molecule has 1 aliphatic rings. The van der Waals surface area contributed by atoms with Crippen LogP contribution < -0.4 is 10.6 Å². The molecule has 0 bridgehead atoms. The summed E-state index contributed by atoms with van der Waals surface area (Å²) in [5.41, 5.74) is 1.01. The summed E-state index contributed by atoms with van der Waals surface area (Å²) in [6.45, 7) is 1.22. The van der Waals surface area contributed by atoms with Crippen LogP contribution in [-0.4, -0.2) is 6.61 Å². The van der Waals surface area contributed by atoms with Crippen LogP contribution >= 0.6 is 0 Å². The number of rotatable bonds is 5. The summed E-state index contributed by atoms with van der Waals surface area (Å²) >= 11 is 0. The molecule has 1 saturated carbocycles. The van der Waals surface area contributed by atoms with E-state index in [-0.39, 0.29) is 0 Å². The highest BCUT2D eigenvalue weighted by molar-refractivity contribution is 5.32. The molecule has 0 radical (unpaired) electrons. The lowest BCUT2D eigenvalue weighted by molar-refractivity contribution is 0.121. The molecule has 2 N–H and O–H groups in total. The lowest BCUT2D eigenvalue weighted by atomic mass is 10.2. The van der Waals surface area contributed by atoms with Gasteiger partial charge in [-0.25, -0.2) is 5.90 Å². The van der Waals surface area contributed by atoms with Crippen molar-refractivity contribution in [2.75, 3.05) is 6.61 Å². The van der Waals surface area contributed by atoms with E-state index < -0.39 is 0 Å². The molecule has 1 aromatic rings. The molecule has 0 spiro atoms. The van der Waals surface area contributed by atoms with E-state index in [0.717, 1.165) is 23.8 Å². The molecule has 1 aromatic carbocycles. The quantitative estimate of drug-likeness (QED) is 0.726. The zero-order valence-electron chi connectivity index (χ0n) is 8.11. The van der Waals surface area contributed by atoms with Gasteiger partial charge in [-0.3, -0.25) is 4.84 Å². The first-order chi connectivity index (χ1) is 6.90. The van der Waals surface area contributed by atoms with E-state index in [1.165, 1.54) is 12.8 Å². The zero-order chi connectivity index (χ0) is 9.80. The standard InChI is InChI=1S/C11H15NO2/c12-14-8-10-3-1-2-4-11(10)13-7-9-5-6-9/h1-4,9H,5-8,12H2. The maximum atomic E-state index is 5.68. The molecule has 0 aromatic heterocycles. The van der Waals surface area contributed by atoms with Crippen molar-refractivity contribution in [3.63, 3.8) is 0 Å². The molecule has 0 saturated heterocycles. The predicted octanol–water partition coefficient (Wildman–Crippen LogP) is 1.87. The second kappa shape index (κ2) is 4.44. The van der Waals surface area contributed by atoms with Crippen LogP contribution in [0.2, 0.25) is 0 Å². The average molecular weight is 193 g/mol. The third-order valence-corrected chi connectivity index (χ3v) is 2.38. The monoisotopic (exact) mass is 193 g/mol. The van der Waals surface area contributed by atoms with Gasteiger partial charge in [-0.2, -0.15) is 0 Å². The van der Waals surface area contributed by atoms with Crippen molar-refractivity contribution < 1.29 is 9.57 Å². The fourth-order valence-electron chi connectivity index (χ4n) is 1.35. The normalized spacial score (nSPS) is 15.5. The second-order valence-electron chi connectivity index (χ2n) is 3.67. The van der Waals surface area contributed by atoms with Crippen molar-refractivity contribution >= 4 is 0 Å². The van der Waals surface area contributed by atoms with Gasteiger partial charge < -0.3 is 4.74 Å². The Bertz CT molecular complexity index is 297. The molecule has 3 heteroatoms. The van der Waals surface area contributed by atoms with E-state index in [9.17, 15) is 0 Å². The Hall–Kier alpha value is -1.06. The van der Waals surface area contributed by atoms with E-state index in [4.69, 9.17) is 10.6 Å². The highest BCUT2D eigenvalue weighted by Gasteiger charge is 2.22. The maximum absolute atomic E-state index is 5.68.